The van der Waals surface area contributed by atoms with Crippen LogP contribution in [0.5, 0.6) is 5.75 Å². The second-order valence-electron chi connectivity index (χ2n) is 8.13. The molecule has 3 aromatic carbocycles. The van der Waals surface area contributed by atoms with Crippen LogP contribution in [-0.2, 0) is 10.0 Å². The molecule has 0 unspecified atom stereocenters. The van der Waals surface area contributed by atoms with Gasteiger partial charge in [0.2, 0.25) is 0 Å². The first kappa shape index (κ1) is 24.3. The van der Waals surface area contributed by atoms with E-state index in [1.807, 2.05) is 6.07 Å². The van der Waals surface area contributed by atoms with Gasteiger partial charge in [-0.15, -0.1) is 0 Å². The number of hydrogen-bond acceptors (Lipinski definition) is 5. The largest absolute Gasteiger partial charge is 0.496 e. The number of rotatable bonds is 6. The number of amides is 2. The molecule has 0 aromatic heterocycles. The predicted octanol–water partition coefficient (Wildman–Crippen LogP) is 3.48. The van der Waals surface area contributed by atoms with Gasteiger partial charge in [-0.25, -0.2) is 8.42 Å². The minimum absolute atomic E-state index is 0.119. The van der Waals surface area contributed by atoms with Crippen molar-refractivity contribution in [1.82, 2.24) is 9.80 Å². The number of anilines is 1. The van der Waals surface area contributed by atoms with E-state index in [2.05, 4.69) is 4.72 Å². The first-order chi connectivity index (χ1) is 16.9. The third-order valence-corrected chi connectivity index (χ3v) is 7.24. The van der Waals surface area contributed by atoms with Crippen LogP contribution in [-0.4, -0.2) is 63.3 Å². The first-order valence-electron chi connectivity index (χ1n) is 11.3. The highest BCUT2D eigenvalue weighted by molar-refractivity contribution is 7.92. The first-order valence-corrected chi connectivity index (χ1v) is 12.8. The fraction of sp³-hybridized carbons (Fsp3) is 0.231. The van der Waals surface area contributed by atoms with E-state index in [0.29, 0.717) is 55.2 Å². The van der Waals surface area contributed by atoms with Gasteiger partial charge in [-0.3, -0.25) is 14.3 Å². The molecule has 0 saturated carbocycles. The van der Waals surface area contributed by atoms with Crippen molar-refractivity contribution in [2.45, 2.75) is 11.3 Å². The summed E-state index contributed by atoms with van der Waals surface area (Å²) in [7, 11) is -2.17. The maximum Gasteiger partial charge on any atom is 0.261 e. The molecule has 182 valence electrons. The lowest BCUT2D eigenvalue weighted by Gasteiger charge is -2.23. The number of nitrogens with zero attached hydrogens (tertiary/aromatic N) is 2. The van der Waals surface area contributed by atoms with Crippen molar-refractivity contribution in [1.29, 1.82) is 0 Å². The number of methoxy groups -OCH3 is 1. The van der Waals surface area contributed by atoms with Crippen molar-refractivity contribution in [2.24, 2.45) is 0 Å². The molecule has 9 heteroatoms. The van der Waals surface area contributed by atoms with Crippen LogP contribution >= 0.6 is 0 Å². The van der Waals surface area contributed by atoms with Gasteiger partial charge in [0.25, 0.3) is 21.8 Å². The average Bonchev–Trinajstić information content (AvgIpc) is 3.15. The Morgan fingerprint density at radius 1 is 0.771 bits per heavy atom. The Morgan fingerprint density at radius 3 is 2.03 bits per heavy atom. The number of carbonyl (C=O) groups excluding carboxylic acids is 2. The zero-order valence-corrected chi connectivity index (χ0v) is 20.2. The smallest absolute Gasteiger partial charge is 0.261 e. The highest BCUT2D eigenvalue weighted by atomic mass is 32.2. The molecule has 1 N–H and O–H groups in total. The highest BCUT2D eigenvalue weighted by Gasteiger charge is 2.25. The minimum atomic E-state index is -3.71. The van der Waals surface area contributed by atoms with Crippen LogP contribution in [0.2, 0.25) is 0 Å². The molecule has 0 aliphatic carbocycles. The van der Waals surface area contributed by atoms with E-state index in [-0.39, 0.29) is 16.7 Å². The number of hydrogen-bond donors (Lipinski definition) is 1. The molecule has 2 amide bonds. The summed E-state index contributed by atoms with van der Waals surface area (Å²) < 4.78 is 32.9. The molecule has 1 heterocycles. The van der Waals surface area contributed by atoms with Gasteiger partial charge in [-0.05, 0) is 55.0 Å². The summed E-state index contributed by atoms with van der Waals surface area (Å²) in [5, 5.41) is 0. The van der Waals surface area contributed by atoms with Crippen molar-refractivity contribution in [3.05, 3.63) is 90.0 Å². The molecule has 0 atom stereocenters. The van der Waals surface area contributed by atoms with E-state index in [4.69, 9.17) is 4.74 Å². The summed E-state index contributed by atoms with van der Waals surface area (Å²) in [5.41, 5.74) is 1.33. The molecule has 3 aromatic rings. The normalized spacial score (nSPS) is 14.2. The summed E-state index contributed by atoms with van der Waals surface area (Å²) >= 11 is 0. The van der Waals surface area contributed by atoms with Gasteiger partial charge < -0.3 is 14.5 Å². The quantitative estimate of drug-likeness (QED) is 0.567. The number of carbonyl (C=O) groups is 2. The van der Waals surface area contributed by atoms with Crippen molar-refractivity contribution in [3.63, 3.8) is 0 Å². The molecule has 1 fully saturated rings. The maximum atomic E-state index is 13.1. The Bertz CT molecular complexity index is 1290. The summed E-state index contributed by atoms with van der Waals surface area (Å²) in [5.74, 6) is 0.249. The van der Waals surface area contributed by atoms with Crippen LogP contribution in [0.3, 0.4) is 0 Å². The van der Waals surface area contributed by atoms with Gasteiger partial charge >= 0.3 is 0 Å². The van der Waals surface area contributed by atoms with Crippen LogP contribution in [0.1, 0.15) is 27.1 Å². The molecule has 0 radical (unpaired) electrons. The van der Waals surface area contributed by atoms with Crippen molar-refractivity contribution < 1.29 is 22.7 Å². The van der Waals surface area contributed by atoms with Gasteiger partial charge in [0.15, 0.2) is 0 Å². The van der Waals surface area contributed by atoms with E-state index in [1.165, 1.54) is 19.2 Å². The number of para-hydroxylation sites is 1. The summed E-state index contributed by atoms with van der Waals surface area (Å²) in [6.45, 7) is 1.89. The Balaban J connectivity index is 1.39. The standard InChI is InChI=1S/C26H27N3O5S/c1-34-24-11-6-5-10-23(24)26(31)29-17-7-16-28(18-19-29)25(30)20-12-14-21(15-13-20)27-35(32,33)22-8-3-2-4-9-22/h2-6,8-15,27H,7,16-19H2,1H3. The Labute approximate surface area is 205 Å². The third kappa shape index (κ3) is 5.63. The SMILES string of the molecule is COc1ccccc1C(=O)N1CCCN(C(=O)c2ccc(NS(=O)(=O)c3ccccc3)cc2)CC1. The maximum absolute atomic E-state index is 13.1. The predicted molar refractivity (Wildman–Crippen MR) is 133 cm³/mol. The van der Waals surface area contributed by atoms with Gasteiger partial charge in [0.05, 0.1) is 17.6 Å². The Morgan fingerprint density at radius 2 is 1.37 bits per heavy atom. The third-order valence-electron chi connectivity index (χ3n) is 5.85. The molecule has 4 rings (SSSR count). The fourth-order valence-electron chi connectivity index (χ4n) is 3.99. The van der Waals surface area contributed by atoms with Gasteiger partial charge in [-0.1, -0.05) is 30.3 Å². The second-order valence-corrected chi connectivity index (χ2v) is 9.82. The van der Waals surface area contributed by atoms with Crippen molar-refractivity contribution >= 4 is 27.5 Å². The second kappa shape index (κ2) is 10.6. The summed E-state index contributed by atoms with van der Waals surface area (Å²) in [6.07, 6.45) is 0.654. The Hall–Kier alpha value is -3.85. The number of ether oxygens (including phenoxy) is 1. The van der Waals surface area contributed by atoms with Gasteiger partial charge in [-0.2, -0.15) is 0 Å². The van der Waals surface area contributed by atoms with E-state index in [9.17, 15) is 18.0 Å². The number of nitrogens with one attached hydrogen (secondary N) is 1. The zero-order chi connectivity index (χ0) is 24.8. The zero-order valence-electron chi connectivity index (χ0n) is 19.4. The van der Waals surface area contributed by atoms with Crippen molar-refractivity contribution in [3.8, 4) is 5.75 Å². The number of benzene rings is 3. The van der Waals surface area contributed by atoms with E-state index in [0.717, 1.165) is 0 Å². The minimum Gasteiger partial charge on any atom is -0.496 e. The molecule has 8 nitrogen and oxygen atoms in total. The van der Waals surface area contributed by atoms with Gasteiger partial charge in [0.1, 0.15) is 5.75 Å². The molecule has 1 aliphatic rings. The highest BCUT2D eigenvalue weighted by Crippen LogP contribution is 2.21. The molecular weight excluding hydrogens is 466 g/mol. The molecule has 1 saturated heterocycles. The van der Waals surface area contributed by atoms with Crippen LogP contribution in [0.15, 0.2) is 83.8 Å². The topological polar surface area (TPSA) is 96.0 Å². The lowest BCUT2D eigenvalue weighted by molar-refractivity contribution is 0.0717. The molecule has 35 heavy (non-hydrogen) atoms. The Kier molecular flexibility index (Phi) is 7.36. The molecule has 1 aliphatic heterocycles. The van der Waals surface area contributed by atoms with Crippen LogP contribution in [0, 0.1) is 0 Å². The lowest BCUT2D eigenvalue weighted by Crippen LogP contribution is -2.37. The van der Waals surface area contributed by atoms with E-state index >= 15 is 0 Å². The molecule has 0 bridgehead atoms. The monoisotopic (exact) mass is 493 g/mol. The van der Waals surface area contributed by atoms with Crippen LogP contribution < -0.4 is 9.46 Å². The summed E-state index contributed by atoms with van der Waals surface area (Å²) in [6, 6.07) is 21.5. The average molecular weight is 494 g/mol. The number of sulfonamides is 1. The fourth-order valence-corrected chi connectivity index (χ4v) is 5.07. The van der Waals surface area contributed by atoms with Crippen LogP contribution in [0.4, 0.5) is 5.69 Å². The summed E-state index contributed by atoms with van der Waals surface area (Å²) in [4.78, 5) is 29.7. The van der Waals surface area contributed by atoms with Gasteiger partial charge in [0, 0.05) is 37.4 Å². The van der Waals surface area contributed by atoms with E-state index < -0.39 is 10.0 Å². The van der Waals surface area contributed by atoms with E-state index in [1.54, 1.807) is 70.5 Å². The molecule has 0 spiro atoms. The van der Waals surface area contributed by atoms with Crippen LogP contribution in [0.25, 0.3) is 0 Å². The van der Waals surface area contributed by atoms with Crippen molar-refractivity contribution in [2.75, 3.05) is 38.0 Å². The molecular formula is C26H27N3O5S. The lowest BCUT2D eigenvalue weighted by atomic mass is 10.1.